The van der Waals surface area contributed by atoms with Crippen molar-refractivity contribution in [3.8, 4) is 11.1 Å². The monoisotopic (exact) mass is 438 g/mol. The number of nitrogens with one attached hydrogen (secondary N) is 1. The highest BCUT2D eigenvalue weighted by atomic mass is 32.1. The molecule has 3 aromatic rings. The van der Waals surface area contributed by atoms with Crippen LogP contribution in [0.2, 0.25) is 0 Å². The number of thiazole rings is 1. The molecule has 0 unspecified atom stereocenters. The van der Waals surface area contributed by atoms with Crippen LogP contribution in [-0.4, -0.2) is 44.0 Å². The van der Waals surface area contributed by atoms with Gasteiger partial charge in [0.05, 0.1) is 28.3 Å². The van der Waals surface area contributed by atoms with Crippen molar-refractivity contribution in [3.63, 3.8) is 0 Å². The Kier molecular flexibility index (Phi) is 5.47. The minimum Gasteiger partial charge on any atom is -0.390 e. The SMILES string of the molecule is O=C1CC(C(=O)Nc2nc3ccc(-c4cnc(CO[C@H]5CCC[C@@H]5O)nc4)cc3s2)C1. The zero-order chi connectivity index (χ0) is 21.4. The van der Waals surface area contributed by atoms with Gasteiger partial charge in [-0.05, 0) is 37.0 Å². The molecule has 2 aromatic heterocycles. The van der Waals surface area contributed by atoms with Gasteiger partial charge in [0, 0.05) is 30.8 Å². The fraction of sp³-hybridized carbons (Fsp3) is 0.409. The van der Waals surface area contributed by atoms with Gasteiger partial charge < -0.3 is 15.2 Å². The second kappa shape index (κ2) is 8.41. The summed E-state index contributed by atoms with van der Waals surface area (Å²) in [7, 11) is 0. The van der Waals surface area contributed by atoms with Gasteiger partial charge in [0.15, 0.2) is 11.0 Å². The quantitative estimate of drug-likeness (QED) is 0.608. The molecule has 2 fully saturated rings. The van der Waals surface area contributed by atoms with Crippen LogP contribution >= 0.6 is 11.3 Å². The number of fused-ring (bicyclic) bond motifs is 1. The van der Waals surface area contributed by atoms with E-state index < -0.39 is 6.10 Å². The molecule has 9 heteroatoms. The van der Waals surface area contributed by atoms with Crippen molar-refractivity contribution in [3.05, 3.63) is 36.4 Å². The van der Waals surface area contributed by atoms with E-state index in [0.717, 1.165) is 40.6 Å². The summed E-state index contributed by atoms with van der Waals surface area (Å²) in [6, 6.07) is 5.85. The molecule has 8 nitrogen and oxygen atoms in total. The van der Waals surface area contributed by atoms with Crippen molar-refractivity contribution < 1.29 is 19.4 Å². The molecule has 2 N–H and O–H groups in total. The Labute approximate surface area is 182 Å². The van der Waals surface area contributed by atoms with Gasteiger partial charge in [-0.15, -0.1) is 0 Å². The van der Waals surface area contributed by atoms with Gasteiger partial charge in [0.25, 0.3) is 0 Å². The number of aromatic nitrogens is 3. The molecule has 0 spiro atoms. The summed E-state index contributed by atoms with van der Waals surface area (Å²) in [4.78, 5) is 36.5. The molecule has 2 heterocycles. The highest BCUT2D eigenvalue weighted by Gasteiger charge is 2.33. The van der Waals surface area contributed by atoms with Gasteiger partial charge in [-0.1, -0.05) is 17.4 Å². The van der Waals surface area contributed by atoms with Gasteiger partial charge in [-0.25, -0.2) is 15.0 Å². The van der Waals surface area contributed by atoms with Crippen LogP contribution in [0.4, 0.5) is 5.13 Å². The van der Waals surface area contributed by atoms with E-state index in [2.05, 4.69) is 20.3 Å². The number of aliphatic hydroxyl groups excluding tert-OH is 1. The number of hydrogen-bond acceptors (Lipinski definition) is 8. The van der Waals surface area contributed by atoms with Gasteiger partial charge in [0.2, 0.25) is 5.91 Å². The average molecular weight is 439 g/mol. The molecule has 5 rings (SSSR count). The van der Waals surface area contributed by atoms with Gasteiger partial charge >= 0.3 is 0 Å². The summed E-state index contributed by atoms with van der Waals surface area (Å²) in [5.41, 5.74) is 2.63. The predicted molar refractivity (Wildman–Crippen MR) is 115 cm³/mol. The summed E-state index contributed by atoms with van der Waals surface area (Å²) in [5, 5.41) is 13.2. The first-order valence-electron chi connectivity index (χ1n) is 10.4. The summed E-state index contributed by atoms with van der Waals surface area (Å²) in [5.74, 6) is 0.341. The van der Waals surface area contributed by atoms with E-state index in [1.54, 1.807) is 12.4 Å². The van der Waals surface area contributed by atoms with Crippen LogP contribution in [0.15, 0.2) is 30.6 Å². The molecular formula is C22H22N4O4S. The standard InChI is InChI=1S/C22H22N4O4S/c27-15-6-13(7-15)21(29)26-22-25-16-5-4-12(8-19(16)31-22)14-9-23-20(24-10-14)11-30-18-3-1-2-17(18)28/h4-5,8-10,13,17-18,28H,1-3,6-7,11H2,(H,25,26,29)/t17-,18-/m0/s1. The molecule has 0 aliphatic heterocycles. The number of hydrogen-bond donors (Lipinski definition) is 2. The van der Waals surface area contributed by atoms with Crippen LogP contribution in [0.1, 0.15) is 37.9 Å². The zero-order valence-electron chi connectivity index (χ0n) is 16.8. The Morgan fingerprint density at radius 1 is 1.19 bits per heavy atom. The zero-order valence-corrected chi connectivity index (χ0v) is 17.6. The first kappa shape index (κ1) is 20.2. The van der Waals surface area contributed by atoms with Crippen molar-refractivity contribution in [1.82, 2.24) is 15.0 Å². The molecule has 0 radical (unpaired) electrons. The Bertz CT molecular complexity index is 1120. The molecule has 1 amide bonds. The van der Waals surface area contributed by atoms with Crippen molar-refractivity contribution >= 4 is 38.4 Å². The van der Waals surface area contributed by atoms with Crippen LogP contribution < -0.4 is 5.32 Å². The van der Waals surface area contributed by atoms with Crippen molar-refractivity contribution in [2.24, 2.45) is 5.92 Å². The maximum absolute atomic E-state index is 12.2. The van der Waals surface area contributed by atoms with Crippen molar-refractivity contribution in [2.75, 3.05) is 5.32 Å². The lowest BCUT2D eigenvalue weighted by atomic mass is 9.83. The van der Waals surface area contributed by atoms with E-state index in [1.807, 2.05) is 18.2 Å². The van der Waals surface area contributed by atoms with Crippen LogP contribution in [0.5, 0.6) is 0 Å². The van der Waals surface area contributed by atoms with Gasteiger partial charge in [-0.2, -0.15) is 0 Å². The second-order valence-electron chi connectivity index (χ2n) is 8.07. The lowest BCUT2D eigenvalue weighted by Gasteiger charge is -2.21. The van der Waals surface area contributed by atoms with Crippen molar-refractivity contribution in [2.45, 2.75) is 50.9 Å². The fourth-order valence-electron chi connectivity index (χ4n) is 3.90. The number of ether oxygens (including phenoxy) is 1. The smallest absolute Gasteiger partial charge is 0.230 e. The minimum atomic E-state index is -0.392. The predicted octanol–water partition coefficient (Wildman–Crippen LogP) is 3.10. The largest absolute Gasteiger partial charge is 0.390 e. The van der Waals surface area contributed by atoms with Crippen LogP contribution in [0.25, 0.3) is 21.3 Å². The molecule has 31 heavy (non-hydrogen) atoms. The molecule has 2 saturated carbocycles. The molecular weight excluding hydrogens is 416 g/mol. The van der Waals surface area contributed by atoms with Gasteiger partial charge in [-0.3, -0.25) is 9.59 Å². The Morgan fingerprint density at radius 3 is 2.71 bits per heavy atom. The number of carbonyl (C=O) groups excluding carboxylic acids is 2. The minimum absolute atomic E-state index is 0.128. The number of carbonyl (C=O) groups is 2. The van der Waals surface area contributed by atoms with E-state index in [9.17, 15) is 14.7 Å². The molecule has 2 aliphatic rings. The van der Waals surface area contributed by atoms with E-state index in [-0.39, 0.29) is 30.3 Å². The number of nitrogens with zero attached hydrogens (tertiary/aromatic N) is 3. The lowest BCUT2D eigenvalue weighted by molar-refractivity contribution is -0.135. The fourth-order valence-corrected chi connectivity index (χ4v) is 4.81. The molecule has 2 atom stereocenters. The number of anilines is 1. The third-order valence-electron chi connectivity index (χ3n) is 5.82. The summed E-state index contributed by atoms with van der Waals surface area (Å²) in [6.07, 6.45) is 6.28. The number of benzene rings is 1. The maximum Gasteiger partial charge on any atom is 0.230 e. The normalized spacial score (nSPS) is 21.4. The third-order valence-corrected chi connectivity index (χ3v) is 6.75. The molecule has 0 bridgehead atoms. The summed E-state index contributed by atoms with van der Waals surface area (Å²) in [6.45, 7) is 0.283. The number of aliphatic hydroxyl groups is 1. The Hall–Kier alpha value is -2.75. The van der Waals surface area contributed by atoms with Crippen LogP contribution in [0.3, 0.4) is 0 Å². The van der Waals surface area contributed by atoms with Crippen molar-refractivity contribution in [1.29, 1.82) is 0 Å². The lowest BCUT2D eigenvalue weighted by Crippen LogP contribution is -2.34. The van der Waals surface area contributed by atoms with E-state index in [4.69, 9.17) is 4.74 Å². The maximum atomic E-state index is 12.2. The first-order chi connectivity index (χ1) is 15.0. The second-order valence-corrected chi connectivity index (χ2v) is 9.10. The number of rotatable bonds is 6. The third kappa shape index (κ3) is 4.34. The highest BCUT2D eigenvalue weighted by molar-refractivity contribution is 7.22. The summed E-state index contributed by atoms with van der Waals surface area (Å²) < 4.78 is 6.68. The van der Waals surface area contributed by atoms with Gasteiger partial charge in [0.1, 0.15) is 12.4 Å². The molecule has 1 aromatic carbocycles. The highest BCUT2D eigenvalue weighted by Crippen LogP contribution is 2.32. The Morgan fingerprint density at radius 2 is 2.00 bits per heavy atom. The van der Waals surface area contributed by atoms with Crippen LogP contribution in [0, 0.1) is 5.92 Å². The number of amides is 1. The number of ketones is 1. The summed E-state index contributed by atoms with van der Waals surface area (Å²) >= 11 is 1.40. The van der Waals surface area contributed by atoms with E-state index >= 15 is 0 Å². The molecule has 160 valence electrons. The van der Waals surface area contributed by atoms with E-state index in [0.29, 0.717) is 23.8 Å². The first-order valence-corrected chi connectivity index (χ1v) is 11.2. The molecule has 2 aliphatic carbocycles. The van der Waals surface area contributed by atoms with E-state index in [1.165, 1.54) is 11.3 Å². The average Bonchev–Trinajstić information content (AvgIpc) is 3.34. The van der Waals surface area contributed by atoms with Crippen LogP contribution in [-0.2, 0) is 20.9 Å². The number of Topliss-reactive ketones (excluding diaryl/α,β-unsaturated/α-hetero) is 1. The topological polar surface area (TPSA) is 114 Å². The molecule has 0 saturated heterocycles. The Balaban J connectivity index is 1.25.